The Balaban J connectivity index is 1.92. The van der Waals surface area contributed by atoms with Crippen LogP contribution in [0.4, 0.5) is 5.69 Å². The van der Waals surface area contributed by atoms with Crippen molar-refractivity contribution < 1.29 is 14.6 Å². The molecule has 0 saturated heterocycles. The lowest BCUT2D eigenvalue weighted by Gasteiger charge is -2.13. The standard InChI is InChI=1S/C13H17N5O3/c1-9(2)21-12-10(4-3-5-15-12)14-6-7-18-8-11(13(19)20)16-17-18/h3-5,8-9,14H,6-7H2,1-2H3,(H,19,20). The van der Waals surface area contributed by atoms with E-state index in [-0.39, 0.29) is 11.8 Å². The molecule has 0 aliphatic heterocycles. The topological polar surface area (TPSA) is 102 Å². The molecular weight excluding hydrogens is 274 g/mol. The summed E-state index contributed by atoms with van der Waals surface area (Å²) in [6.45, 7) is 4.89. The summed E-state index contributed by atoms with van der Waals surface area (Å²) in [6, 6.07) is 3.68. The minimum atomic E-state index is -1.09. The third-order valence-corrected chi connectivity index (χ3v) is 2.53. The molecule has 2 rings (SSSR count). The van der Waals surface area contributed by atoms with E-state index in [2.05, 4.69) is 20.6 Å². The Morgan fingerprint density at radius 1 is 1.52 bits per heavy atom. The Kier molecular flexibility index (Phi) is 4.70. The SMILES string of the molecule is CC(C)Oc1ncccc1NCCn1cc(C(=O)O)nn1. The second-order valence-electron chi connectivity index (χ2n) is 4.62. The number of aromatic nitrogens is 4. The Morgan fingerprint density at radius 3 is 3.00 bits per heavy atom. The van der Waals surface area contributed by atoms with E-state index in [1.165, 1.54) is 10.9 Å². The first-order chi connectivity index (χ1) is 10.1. The Bertz CT molecular complexity index is 611. The quantitative estimate of drug-likeness (QED) is 0.792. The summed E-state index contributed by atoms with van der Waals surface area (Å²) < 4.78 is 7.07. The maximum absolute atomic E-state index is 10.7. The average Bonchev–Trinajstić information content (AvgIpc) is 2.89. The van der Waals surface area contributed by atoms with Gasteiger partial charge in [0.15, 0.2) is 5.69 Å². The van der Waals surface area contributed by atoms with Gasteiger partial charge >= 0.3 is 5.97 Å². The first-order valence-electron chi connectivity index (χ1n) is 6.55. The average molecular weight is 291 g/mol. The molecule has 8 heteroatoms. The molecule has 0 aromatic carbocycles. The van der Waals surface area contributed by atoms with Crippen LogP contribution in [0.3, 0.4) is 0 Å². The molecule has 21 heavy (non-hydrogen) atoms. The van der Waals surface area contributed by atoms with Crippen LogP contribution in [-0.2, 0) is 6.54 Å². The largest absolute Gasteiger partial charge is 0.476 e. The fourth-order valence-corrected chi connectivity index (χ4v) is 1.65. The second kappa shape index (κ2) is 6.69. The minimum absolute atomic E-state index is 0.0360. The van der Waals surface area contributed by atoms with Gasteiger partial charge in [-0.1, -0.05) is 5.21 Å². The lowest BCUT2D eigenvalue weighted by Crippen LogP contribution is -2.14. The van der Waals surface area contributed by atoms with Crippen molar-refractivity contribution in [3.05, 3.63) is 30.2 Å². The molecule has 2 aromatic rings. The van der Waals surface area contributed by atoms with Gasteiger partial charge in [-0.2, -0.15) is 0 Å². The molecule has 0 radical (unpaired) electrons. The third-order valence-electron chi connectivity index (χ3n) is 2.53. The molecule has 8 nitrogen and oxygen atoms in total. The van der Waals surface area contributed by atoms with Crippen molar-refractivity contribution in [3.63, 3.8) is 0 Å². The van der Waals surface area contributed by atoms with Crippen molar-refractivity contribution in [3.8, 4) is 5.88 Å². The van der Waals surface area contributed by atoms with E-state index in [0.717, 1.165) is 5.69 Å². The lowest BCUT2D eigenvalue weighted by molar-refractivity contribution is 0.0690. The summed E-state index contributed by atoms with van der Waals surface area (Å²) in [5.41, 5.74) is 0.713. The summed E-state index contributed by atoms with van der Waals surface area (Å²) in [5.74, 6) is -0.550. The first kappa shape index (κ1) is 14.8. The highest BCUT2D eigenvalue weighted by Gasteiger charge is 2.09. The van der Waals surface area contributed by atoms with Gasteiger partial charge in [-0.25, -0.2) is 14.5 Å². The predicted octanol–water partition coefficient (Wildman–Crippen LogP) is 1.27. The van der Waals surface area contributed by atoms with Gasteiger partial charge in [0, 0.05) is 12.7 Å². The molecule has 0 spiro atoms. The van der Waals surface area contributed by atoms with E-state index in [1.54, 1.807) is 6.20 Å². The highest BCUT2D eigenvalue weighted by molar-refractivity contribution is 5.84. The molecule has 2 aromatic heterocycles. The van der Waals surface area contributed by atoms with Gasteiger partial charge in [0.2, 0.25) is 5.88 Å². The van der Waals surface area contributed by atoms with Gasteiger partial charge in [-0.15, -0.1) is 5.10 Å². The maximum atomic E-state index is 10.7. The number of aromatic carboxylic acids is 1. The third kappa shape index (κ3) is 4.16. The van der Waals surface area contributed by atoms with E-state index in [9.17, 15) is 4.79 Å². The zero-order valence-electron chi connectivity index (χ0n) is 11.9. The number of ether oxygens (including phenoxy) is 1. The molecule has 0 aliphatic carbocycles. The lowest BCUT2D eigenvalue weighted by atomic mass is 10.4. The van der Waals surface area contributed by atoms with Gasteiger partial charge in [-0.3, -0.25) is 0 Å². The number of pyridine rings is 1. The molecule has 2 N–H and O–H groups in total. The number of carboxylic acids is 1. The molecule has 0 bridgehead atoms. The van der Waals surface area contributed by atoms with Crippen molar-refractivity contribution in [1.29, 1.82) is 0 Å². The van der Waals surface area contributed by atoms with Crippen LogP contribution in [0.2, 0.25) is 0 Å². The number of rotatable bonds is 7. The van der Waals surface area contributed by atoms with Crippen LogP contribution in [0, 0.1) is 0 Å². The number of anilines is 1. The fourth-order valence-electron chi connectivity index (χ4n) is 1.65. The Labute approximate surface area is 121 Å². The predicted molar refractivity (Wildman–Crippen MR) is 75.5 cm³/mol. The van der Waals surface area contributed by atoms with Crippen LogP contribution >= 0.6 is 0 Å². The van der Waals surface area contributed by atoms with Gasteiger partial charge in [0.1, 0.15) is 0 Å². The summed E-state index contributed by atoms with van der Waals surface area (Å²) in [7, 11) is 0. The van der Waals surface area contributed by atoms with E-state index in [1.807, 2.05) is 26.0 Å². The highest BCUT2D eigenvalue weighted by Crippen LogP contribution is 2.21. The van der Waals surface area contributed by atoms with Crippen LogP contribution in [0.5, 0.6) is 5.88 Å². The fraction of sp³-hybridized carbons (Fsp3) is 0.385. The molecule has 0 atom stereocenters. The number of hydrogen-bond acceptors (Lipinski definition) is 6. The molecular formula is C13H17N5O3. The van der Waals surface area contributed by atoms with Crippen molar-refractivity contribution >= 4 is 11.7 Å². The minimum Gasteiger partial charge on any atom is -0.476 e. The van der Waals surface area contributed by atoms with Crippen molar-refractivity contribution in [2.45, 2.75) is 26.5 Å². The van der Waals surface area contributed by atoms with Crippen LogP contribution in [-0.4, -0.2) is 43.7 Å². The van der Waals surface area contributed by atoms with Gasteiger partial charge < -0.3 is 15.2 Å². The Morgan fingerprint density at radius 2 is 2.33 bits per heavy atom. The van der Waals surface area contributed by atoms with Gasteiger partial charge in [0.05, 0.1) is 24.5 Å². The molecule has 0 saturated carbocycles. The van der Waals surface area contributed by atoms with Crippen LogP contribution in [0.1, 0.15) is 24.3 Å². The second-order valence-corrected chi connectivity index (χ2v) is 4.62. The number of hydrogen-bond donors (Lipinski definition) is 2. The normalized spacial score (nSPS) is 10.6. The highest BCUT2D eigenvalue weighted by atomic mass is 16.5. The molecule has 0 aliphatic rings. The van der Waals surface area contributed by atoms with E-state index >= 15 is 0 Å². The number of carboxylic acid groups (broad SMARTS) is 1. The smallest absolute Gasteiger partial charge is 0.358 e. The van der Waals surface area contributed by atoms with E-state index in [0.29, 0.717) is 19.0 Å². The molecule has 112 valence electrons. The number of nitrogens with zero attached hydrogens (tertiary/aromatic N) is 4. The molecule has 0 amide bonds. The van der Waals surface area contributed by atoms with Gasteiger partial charge in [-0.05, 0) is 26.0 Å². The van der Waals surface area contributed by atoms with Crippen LogP contribution in [0.25, 0.3) is 0 Å². The van der Waals surface area contributed by atoms with Crippen LogP contribution in [0.15, 0.2) is 24.5 Å². The van der Waals surface area contributed by atoms with E-state index in [4.69, 9.17) is 9.84 Å². The maximum Gasteiger partial charge on any atom is 0.358 e. The monoisotopic (exact) mass is 291 g/mol. The van der Waals surface area contributed by atoms with Crippen molar-refractivity contribution in [2.75, 3.05) is 11.9 Å². The van der Waals surface area contributed by atoms with Crippen LogP contribution < -0.4 is 10.1 Å². The van der Waals surface area contributed by atoms with Crippen molar-refractivity contribution in [1.82, 2.24) is 20.0 Å². The first-order valence-corrected chi connectivity index (χ1v) is 6.55. The van der Waals surface area contributed by atoms with Crippen molar-refractivity contribution in [2.24, 2.45) is 0 Å². The summed E-state index contributed by atoms with van der Waals surface area (Å²) in [5, 5.41) is 19.2. The Hall–Kier alpha value is -2.64. The summed E-state index contributed by atoms with van der Waals surface area (Å²) in [6.07, 6.45) is 3.09. The zero-order chi connectivity index (χ0) is 15.2. The summed E-state index contributed by atoms with van der Waals surface area (Å²) >= 11 is 0. The zero-order valence-corrected chi connectivity index (χ0v) is 11.9. The van der Waals surface area contributed by atoms with Gasteiger partial charge in [0.25, 0.3) is 0 Å². The summed E-state index contributed by atoms with van der Waals surface area (Å²) in [4.78, 5) is 14.9. The molecule has 2 heterocycles. The molecule has 0 fully saturated rings. The number of carbonyl (C=O) groups is 1. The van der Waals surface area contributed by atoms with E-state index < -0.39 is 5.97 Å². The molecule has 0 unspecified atom stereocenters. The number of nitrogens with one attached hydrogen (secondary N) is 1.